The summed E-state index contributed by atoms with van der Waals surface area (Å²) in [6, 6.07) is 7.86. The van der Waals surface area contributed by atoms with E-state index >= 15 is 0 Å². The van der Waals surface area contributed by atoms with Gasteiger partial charge in [0, 0.05) is 6.54 Å². The lowest BCUT2D eigenvalue weighted by molar-refractivity contribution is 0.282. The van der Waals surface area contributed by atoms with Crippen molar-refractivity contribution in [2.75, 3.05) is 6.54 Å². The van der Waals surface area contributed by atoms with Gasteiger partial charge < -0.3 is 10.4 Å². The van der Waals surface area contributed by atoms with E-state index in [-0.39, 0.29) is 6.61 Å². The molecule has 0 radical (unpaired) electrons. The van der Waals surface area contributed by atoms with Gasteiger partial charge in [-0.25, -0.2) is 4.68 Å². The lowest BCUT2D eigenvalue weighted by Crippen LogP contribution is -2.19. The lowest BCUT2D eigenvalue weighted by atomic mass is 10.1. The minimum Gasteiger partial charge on any atom is -0.392 e. The Morgan fingerprint density at radius 2 is 1.90 bits per heavy atom. The summed E-state index contributed by atoms with van der Waals surface area (Å²) in [5.74, 6) is 0.634. The van der Waals surface area contributed by atoms with Gasteiger partial charge in [0.15, 0.2) is 0 Å². The van der Waals surface area contributed by atoms with Gasteiger partial charge in [0.25, 0.3) is 0 Å². The Bertz CT molecular complexity index is 519. The number of aliphatic hydroxyl groups is 1. The minimum atomic E-state index is 0.0786. The molecule has 0 bridgehead atoms. The second kappa shape index (κ2) is 7.17. The molecule has 0 saturated carbocycles. The smallest absolute Gasteiger partial charge is 0.0964 e. The zero-order valence-corrected chi connectivity index (χ0v) is 12.1. The molecule has 1 aromatic heterocycles. The van der Waals surface area contributed by atoms with Crippen LogP contribution in [0, 0.1) is 5.92 Å². The molecule has 2 aromatic rings. The Labute approximate surface area is 119 Å². The number of aliphatic hydroxyl groups excluding tert-OH is 1. The highest BCUT2D eigenvalue weighted by molar-refractivity contribution is 5.22. The van der Waals surface area contributed by atoms with E-state index in [1.54, 1.807) is 0 Å². The Hall–Kier alpha value is -1.72. The first-order valence-corrected chi connectivity index (χ1v) is 6.96. The monoisotopic (exact) mass is 274 g/mol. The van der Waals surface area contributed by atoms with Crippen LogP contribution in [0.4, 0.5) is 0 Å². The molecule has 2 N–H and O–H groups in total. The van der Waals surface area contributed by atoms with E-state index in [0.717, 1.165) is 29.9 Å². The average Bonchev–Trinajstić information content (AvgIpc) is 2.87. The molecule has 20 heavy (non-hydrogen) atoms. The fraction of sp³-hybridized carbons (Fsp3) is 0.467. The van der Waals surface area contributed by atoms with E-state index in [1.165, 1.54) is 0 Å². The van der Waals surface area contributed by atoms with Crippen LogP contribution in [0.5, 0.6) is 0 Å². The van der Waals surface area contributed by atoms with Gasteiger partial charge in [-0.2, -0.15) is 0 Å². The number of aromatic nitrogens is 3. The second-order valence-corrected chi connectivity index (χ2v) is 5.41. The van der Waals surface area contributed by atoms with Crippen LogP contribution in [-0.4, -0.2) is 26.6 Å². The molecule has 5 nitrogen and oxygen atoms in total. The number of nitrogens with zero attached hydrogens (tertiary/aromatic N) is 3. The van der Waals surface area contributed by atoms with Gasteiger partial charge in [0.05, 0.1) is 25.0 Å². The third kappa shape index (κ3) is 4.43. The van der Waals surface area contributed by atoms with Crippen LogP contribution in [0.15, 0.2) is 30.5 Å². The predicted molar refractivity (Wildman–Crippen MR) is 78.0 cm³/mol. The first kappa shape index (κ1) is 14.7. The van der Waals surface area contributed by atoms with E-state index in [0.29, 0.717) is 12.5 Å². The topological polar surface area (TPSA) is 63.0 Å². The summed E-state index contributed by atoms with van der Waals surface area (Å²) in [6.45, 7) is 6.87. The van der Waals surface area contributed by atoms with E-state index in [2.05, 4.69) is 29.5 Å². The van der Waals surface area contributed by atoms with Crippen LogP contribution in [0.3, 0.4) is 0 Å². The molecule has 0 atom stereocenters. The van der Waals surface area contributed by atoms with Gasteiger partial charge in [-0.3, -0.25) is 0 Å². The normalized spacial score (nSPS) is 11.2. The molecule has 0 fully saturated rings. The summed E-state index contributed by atoms with van der Waals surface area (Å²) in [4.78, 5) is 0. The van der Waals surface area contributed by atoms with Gasteiger partial charge in [-0.15, -0.1) is 5.10 Å². The molecule has 0 saturated heterocycles. The summed E-state index contributed by atoms with van der Waals surface area (Å²) >= 11 is 0. The molecule has 0 aliphatic carbocycles. The molecule has 1 aromatic carbocycles. The summed E-state index contributed by atoms with van der Waals surface area (Å²) in [5.41, 5.74) is 3.03. The van der Waals surface area contributed by atoms with Crippen LogP contribution in [-0.2, 0) is 19.7 Å². The molecule has 2 rings (SSSR count). The summed E-state index contributed by atoms with van der Waals surface area (Å²) < 4.78 is 1.83. The highest BCUT2D eigenvalue weighted by atomic mass is 16.3. The van der Waals surface area contributed by atoms with Crippen molar-refractivity contribution < 1.29 is 5.11 Å². The van der Waals surface area contributed by atoms with Crippen LogP contribution in [0.1, 0.15) is 30.7 Å². The van der Waals surface area contributed by atoms with Crippen LogP contribution < -0.4 is 5.32 Å². The largest absolute Gasteiger partial charge is 0.392 e. The fourth-order valence-corrected chi connectivity index (χ4v) is 1.92. The van der Waals surface area contributed by atoms with Crippen molar-refractivity contribution in [2.24, 2.45) is 5.92 Å². The zero-order valence-electron chi connectivity index (χ0n) is 12.1. The van der Waals surface area contributed by atoms with Crippen molar-refractivity contribution >= 4 is 0 Å². The van der Waals surface area contributed by atoms with E-state index < -0.39 is 0 Å². The van der Waals surface area contributed by atoms with Crippen molar-refractivity contribution in [1.29, 1.82) is 0 Å². The van der Waals surface area contributed by atoms with Gasteiger partial charge >= 0.3 is 0 Å². The highest BCUT2D eigenvalue weighted by Gasteiger charge is 2.02. The van der Waals surface area contributed by atoms with Crippen LogP contribution in [0.25, 0.3) is 0 Å². The van der Waals surface area contributed by atoms with Gasteiger partial charge in [-0.1, -0.05) is 43.3 Å². The van der Waals surface area contributed by atoms with E-state index in [9.17, 15) is 0 Å². The zero-order chi connectivity index (χ0) is 14.4. The maximum Gasteiger partial charge on any atom is 0.0964 e. The lowest BCUT2D eigenvalue weighted by Gasteiger charge is -2.04. The Morgan fingerprint density at radius 3 is 2.55 bits per heavy atom. The summed E-state index contributed by atoms with van der Waals surface area (Å²) in [6.07, 6.45) is 1.97. The Kier molecular flexibility index (Phi) is 5.26. The minimum absolute atomic E-state index is 0.0786. The molecule has 1 heterocycles. The Morgan fingerprint density at radius 1 is 1.20 bits per heavy atom. The molecule has 0 spiro atoms. The molecule has 0 aliphatic heterocycles. The molecule has 108 valence electrons. The molecule has 0 unspecified atom stereocenters. The van der Waals surface area contributed by atoms with Crippen LogP contribution >= 0.6 is 0 Å². The third-order valence-electron chi connectivity index (χ3n) is 2.99. The maximum atomic E-state index is 9.01. The first-order valence-electron chi connectivity index (χ1n) is 6.96. The predicted octanol–water partition coefficient (Wildman–Crippen LogP) is 1.56. The molecule has 0 aliphatic rings. The molecular formula is C15H22N4O. The first-order chi connectivity index (χ1) is 9.67. The van der Waals surface area contributed by atoms with Crippen molar-refractivity contribution in [2.45, 2.75) is 33.5 Å². The molecule has 5 heteroatoms. The standard InChI is InChI=1S/C15H22N4O/c1-12(2)7-16-8-15-10-19(18-17-15)9-13-3-5-14(11-20)6-4-13/h3-6,10,12,16,20H,7-9,11H2,1-2H3. The van der Waals surface area contributed by atoms with E-state index in [1.807, 2.05) is 35.1 Å². The number of hydrogen-bond donors (Lipinski definition) is 2. The number of benzene rings is 1. The quantitative estimate of drug-likeness (QED) is 0.804. The molecule has 0 amide bonds. The van der Waals surface area contributed by atoms with Crippen molar-refractivity contribution in [3.05, 3.63) is 47.3 Å². The van der Waals surface area contributed by atoms with Crippen LogP contribution in [0.2, 0.25) is 0 Å². The van der Waals surface area contributed by atoms with Crippen molar-refractivity contribution in [1.82, 2.24) is 20.3 Å². The highest BCUT2D eigenvalue weighted by Crippen LogP contribution is 2.06. The maximum absolute atomic E-state index is 9.01. The van der Waals surface area contributed by atoms with Crippen molar-refractivity contribution in [3.63, 3.8) is 0 Å². The third-order valence-corrected chi connectivity index (χ3v) is 2.99. The number of nitrogens with one attached hydrogen (secondary N) is 1. The Balaban J connectivity index is 1.88. The average molecular weight is 274 g/mol. The number of rotatable bonds is 7. The SMILES string of the molecule is CC(C)CNCc1cn(Cc2ccc(CO)cc2)nn1. The molecular weight excluding hydrogens is 252 g/mol. The second-order valence-electron chi connectivity index (χ2n) is 5.41. The van der Waals surface area contributed by atoms with Gasteiger partial charge in [-0.05, 0) is 23.6 Å². The van der Waals surface area contributed by atoms with Gasteiger partial charge in [0.2, 0.25) is 0 Å². The summed E-state index contributed by atoms with van der Waals surface area (Å²) in [7, 11) is 0. The van der Waals surface area contributed by atoms with Crippen molar-refractivity contribution in [3.8, 4) is 0 Å². The van der Waals surface area contributed by atoms with E-state index in [4.69, 9.17) is 5.11 Å². The number of hydrogen-bond acceptors (Lipinski definition) is 4. The fourth-order valence-electron chi connectivity index (χ4n) is 1.92. The summed E-state index contributed by atoms with van der Waals surface area (Å²) in [5, 5.41) is 20.6. The van der Waals surface area contributed by atoms with Gasteiger partial charge in [0.1, 0.15) is 0 Å².